The Morgan fingerprint density at radius 2 is 2.00 bits per heavy atom. The summed E-state index contributed by atoms with van der Waals surface area (Å²) in [6.45, 7) is 6.41. The van der Waals surface area contributed by atoms with Crippen LogP contribution in [-0.2, 0) is 0 Å². The van der Waals surface area contributed by atoms with Gasteiger partial charge in [0.25, 0.3) is 0 Å². The molecule has 1 aliphatic rings. The highest BCUT2D eigenvalue weighted by Crippen LogP contribution is 2.39. The summed E-state index contributed by atoms with van der Waals surface area (Å²) in [4.78, 5) is 13.5. The van der Waals surface area contributed by atoms with E-state index in [1.165, 1.54) is 0 Å². The van der Waals surface area contributed by atoms with Gasteiger partial charge in [0, 0.05) is 13.1 Å². The summed E-state index contributed by atoms with van der Waals surface area (Å²) >= 11 is 0. The van der Waals surface area contributed by atoms with Gasteiger partial charge in [-0.25, -0.2) is 4.79 Å². The van der Waals surface area contributed by atoms with Crippen LogP contribution in [0.25, 0.3) is 0 Å². The molecule has 1 heterocycles. The number of para-hydroxylation sites is 1. The number of carboxylic acids is 1. The SMILES string of the molecule is CCC1(CC)CCN(c2ccccc2C(=O)O)C1. The van der Waals surface area contributed by atoms with E-state index in [1.54, 1.807) is 12.1 Å². The normalized spacial score (nSPS) is 18.0. The second-order valence-electron chi connectivity index (χ2n) is 5.20. The van der Waals surface area contributed by atoms with Gasteiger partial charge >= 0.3 is 5.97 Å². The van der Waals surface area contributed by atoms with Crippen molar-refractivity contribution in [2.24, 2.45) is 5.41 Å². The fourth-order valence-corrected chi connectivity index (χ4v) is 2.90. The first-order valence-electron chi connectivity index (χ1n) is 6.69. The van der Waals surface area contributed by atoms with Gasteiger partial charge in [-0.15, -0.1) is 0 Å². The molecule has 0 amide bonds. The third-order valence-corrected chi connectivity index (χ3v) is 4.41. The molecule has 0 atom stereocenters. The first-order chi connectivity index (χ1) is 8.62. The molecular formula is C15H21NO2. The predicted octanol–water partition coefficient (Wildman–Crippen LogP) is 3.40. The fraction of sp³-hybridized carbons (Fsp3) is 0.533. The van der Waals surface area contributed by atoms with Gasteiger partial charge in [-0.05, 0) is 36.8 Å². The molecule has 0 aliphatic carbocycles. The zero-order valence-electron chi connectivity index (χ0n) is 11.1. The van der Waals surface area contributed by atoms with Crippen LogP contribution in [0.2, 0.25) is 0 Å². The number of aromatic carboxylic acids is 1. The maximum Gasteiger partial charge on any atom is 0.337 e. The van der Waals surface area contributed by atoms with Crippen molar-refractivity contribution in [1.82, 2.24) is 0 Å². The Morgan fingerprint density at radius 1 is 1.33 bits per heavy atom. The standard InChI is InChI=1S/C15H21NO2/c1-3-15(4-2)9-10-16(11-15)13-8-6-5-7-12(13)14(17)18/h5-8H,3-4,9-11H2,1-2H3,(H,17,18). The maximum atomic E-state index is 11.3. The quantitative estimate of drug-likeness (QED) is 0.886. The van der Waals surface area contributed by atoms with Crippen molar-refractivity contribution in [2.75, 3.05) is 18.0 Å². The summed E-state index contributed by atoms with van der Waals surface area (Å²) in [7, 11) is 0. The Balaban J connectivity index is 2.27. The van der Waals surface area contributed by atoms with Crippen molar-refractivity contribution < 1.29 is 9.90 Å². The summed E-state index contributed by atoms with van der Waals surface area (Å²) in [5, 5.41) is 9.24. The number of hydrogen-bond acceptors (Lipinski definition) is 2. The summed E-state index contributed by atoms with van der Waals surface area (Å²) < 4.78 is 0. The van der Waals surface area contributed by atoms with Crippen LogP contribution in [0.1, 0.15) is 43.5 Å². The van der Waals surface area contributed by atoms with Gasteiger partial charge in [-0.3, -0.25) is 0 Å². The van der Waals surface area contributed by atoms with Crippen LogP contribution in [0.4, 0.5) is 5.69 Å². The number of carboxylic acid groups (broad SMARTS) is 1. The van der Waals surface area contributed by atoms with Gasteiger partial charge in [0.05, 0.1) is 11.3 Å². The van der Waals surface area contributed by atoms with Crippen LogP contribution in [0, 0.1) is 5.41 Å². The molecule has 1 saturated heterocycles. The van der Waals surface area contributed by atoms with Gasteiger partial charge in [-0.1, -0.05) is 26.0 Å². The monoisotopic (exact) mass is 247 g/mol. The average molecular weight is 247 g/mol. The van der Waals surface area contributed by atoms with Crippen LogP contribution >= 0.6 is 0 Å². The Bertz CT molecular complexity index is 438. The van der Waals surface area contributed by atoms with E-state index in [0.29, 0.717) is 11.0 Å². The highest BCUT2D eigenvalue weighted by Gasteiger charge is 2.35. The van der Waals surface area contributed by atoms with Crippen molar-refractivity contribution >= 4 is 11.7 Å². The molecule has 1 aromatic carbocycles. The van der Waals surface area contributed by atoms with E-state index in [9.17, 15) is 9.90 Å². The average Bonchev–Trinajstić information content (AvgIpc) is 2.83. The zero-order valence-corrected chi connectivity index (χ0v) is 11.1. The molecule has 0 unspecified atom stereocenters. The van der Waals surface area contributed by atoms with Crippen molar-refractivity contribution in [1.29, 1.82) is 0 Å². The van der Waals surface area contributed by atoms with E-state index in [4.69, 9.17) is 0 Å². The van der Waals surface area contributed by atoms with Crippen molar-refractivity contribution in [3.63, 3.8) is 0 Å². The third-order valence-electron chi connectivity index (χ3n) is 4.41. The second-order valence-corrected chi connectivity index (χ2v) is 5.20. The lowest BCUT2D eigenvalue weighted by Gasteiger charge is -2.27. The molecular weight excluding hydrogens is 226 g/mol. The summed E-state index contributed by atoms with van der Waals surface area (Å²) in [6.07, 6.45) is 3.48. The van der Waals surface area contributed by atoms with E-state index in [0.717, 1.165) is 38.0 Å². The smallest absolute Gasteiger partial charge is 0.337 e. The molecule has 3 heteroatoms. The number of nitrogens with zero attached hydrogens (tertiary/aromatic N) is 1. The number of hydrogen-bond donors (Lipinski definition) is 1. The largest absolute Gasteiger partial charge is 0.478 e. The van der Waals surface area contributed by atoms with Crippen LogP contribution in [0.15, 0.2) is 24.3 Å². The van der Waals surface area contributed by atoms with E-state index < -0.39 is 5.97 Å². The minimum atomic E-state index is -0.837. The molecule has 0 radical (unpaired) electrons. The third kappa shape index (κ3) is 2.22. The van der Waals surface area contributed by atoms with Crippen LogP contribution in [-0.4, -0.2) is 24.2 Å². The second kappa shape index (κ2) is 5.01. The fourth-order valence-electron chi connectivity index (χ4n) is 2.90. The molecule has 3 nitrogen and oxygen atoms in total. The highest BCUT2D eigenvalue weighted by atomic mass is 16.4. The molecule has 1 fully saturated rings. The number of carbonyl (C=O) groups is 1. The Labute approximate surface area is 108 Å². The van der Waals surface area contributed by atoms with Gasteiger partial charge in [0.2, 0.25) is 0 Å². The Morgan fingerprint density at radius 3 is 2.56 bits per heavy atom. The molecule has 2 rings (SSSR count). The van der Waals surface area contributed by atoms with Crippen LogP contribution in [0.5, 0.6) is 0 Å². The van der Waals surface area contributed by atoms with Crippen molar-refractivity contribution in [2.45, 2.75) is 33.1 Å². The lowest BCUT2D eigenvalue weighted by molar-refractivity contribution is 0.0697. The first kappa shape index (κ1) is 12.9. The molecule has 18 heavy (non-hydrogen) atoms. The van der Waals surface area contributed by atoms with E-state index >= 15 is 0 Å². The van der Waals surface area contributed by atoms with Gasteiger partial charge in [0.15, 0.2) is 0 Å². The van der Waals surface area contributed by atoms with E-state index in [2.05, 4.69) is 18.7 Å². The topological polar surface area (TPSA) is 40.5 Å². The predicted molar refractivity (Wildman–Crippen MR) is 73.2 cm³/mol. The lowest BCUT2D eigenvalue weighted by Crippen LogP contribution is -2.27. The highest BCUT2D eigenvalue weighted by molar-refractivity contribution is 5.94. The summed E-state index contributed by atoms with van der Waals surface area (Å²) in [5.41, 5.74) is 1.65. The molecule has 0 aromatic heterocycles. The molecule has 0 saturated carbocycles. The Hall–Kier alpha value is -1.51. The van der Waals surface area contributed by atoms with E-state index in [-0.39, 0.29) is 0 Å². The maximum absolute atomic E-state index is 11.3. The van der Waals surface area contributed by atoms with Crippen molar-refractivity contribution in [3.8, 4) is 0 Å². The summed E-state index contributed by atoms with van der Waals surface area (Å²) in [5.74, 6) is -0.837. The molecule has 0 spiro atoms. The summed E-state index contributed by atoms with van der Waals surface area (Å²) in [6, 6.07) is 7.32. The van der Waals surface area contributed by atoms with Crippen molar-refractivity contribution in [3.05, 3.63) is 29.8 Å². The van der Waals surface area contributed by atoms with Crippen LogP contribution < -0.4 is 4.90 Å². The Kier molecular flexibility index (Phi) is 3.60. The van der Waals surface area contributed by atoms with E-state index in [1.807, 2.05) is 12.1 Å². The minimum Gasteiger partial charge on any atom is -0.478 e. The van der Waals surface area contributed by atoms with Gasteiger partial charge in [-0.2, -0.15) is 0 Å². The zero-order chi connectivity index (χ0) is 13.2. The minimum absolute atomic E-state index is 0.367. The van der Waals surface area contributed by atoms with Gasteiger partial charge in [0.1, 0.15) is 0 Å². The molecule has 1 aromatic rings. The van der Waals surface area contributed by atoms with Crippen LogP contribution in [0.3, 0.4) is 0 Å². The first-order valence-corrected chi connectivity index (χ1v) is 6.69. The molecule has 0 bridgehead atoms. The molecule has 1 N–H and O–H groups in total. The van der Waals surface area contributed by atoms with Gasteiger partial charge < -0.3 is 10.0 Å². The molecule has 98 valence electrons. The number of anilines is 1. The number of benzene rings is 1. The lowest BCUT2D eigenvalue weighted by atomic mass is 9.82. The number of rotatable bonds is 4. The molecule has 1 aliphatic heterocycles.